The van der Waals surface area contributed by atoms with Crippen LogP contribution < -0.4 is 20.1 Å². The van der Waals surface area contributed by atoms with Crippen LogP contribution in [0.1, 0.15) is 41.0 Å². The minimum Gasteiger partial charge on any atom is -0.448 e. The van der Waals surface area contributed by atoms with E-state index in [9.17, 15) is 9.59 Å². The first kappa shape index (κ1) is 19.1. The Kier molecular flexibility index (Phi) is 4.92. The van der Waals surface area contributed by atoms with Gasteiger partial charge in [0.05, 0.1) is 17.0 Å². The number of carbonyl (C=O) groups excluding carboxylic acids is 2. The Morgan fingerprint density at radius 2 is 1.90 bits per heavy atom. The van der Waals surface area contributed by atoms with Crippen LogP contribution in [0.15, 0.2) is 41.1 Å². The molecule has 1 aliphatic heterocycles. The molecule has 1 aliphatic carbocycles. The molecule has 1 fully saturated rings. The molecule has 3 aromatic rings. The molecule has 7 nitrogen and oxygen atoms in total. The van der Waals surface area contributed by atoms with Crippen LogP contribution in [0.2, 0.25) is 0 Å². The third-order valence-electron chi connectivity index (χ3n) is 5.04. The van der Waals surface area contributed by atoms with Crippen LogP contribution in [0.25, 0.3) is 0 Å². The van der Waals surface area contributed by atoms with Gasteiger partial charge in [-0.25, -0.2) is 4.98 Å². The Bertz CT molecular complexity index is 1090. The van der Waals surface area contributed by atoms with Gasteiger partial charge < -0.3 is 14.8 Å². The molecule has 2 aliphatic rings. The number of fused-ring (bicyclic) bond motifs is 1. The lowest BCUT2D eigenvalue weighted by Crippen LogP contribution is -2.34. The average molecular weight is 442 g/mol. The van der Waals surface area contributed by atoms with Gasteiger partial charge in [0.2, 0.25) is 5.91 Å². The normalized spacial score (nSPS) is 16.0. The van der Waals surface area contributed by atoms with E-state index in [1.165, 1.54) is 22.7 Å². The van der Waals surface area contributed by atoms with E-state index in [4.69, 9.17) is 9.47 Å². The monoisotopic (exact) mass is 441 g/mol. The summed E-state index contributed by atoms with van der Waals surface area (Å²) in [6.07, 6.45) is 4.09. The second kappa shape index (κ2) is 7.73. The van der Waals surface area contributed by atoms with Crippen LogP contribution >= 0.6 is 22.7 Å². The number of nitrogens with one attached hydrogen (secondary N) is 2. The summed E-state index contributed by atoms with van der Waals surface area (Å²) in [5.41, 5.74) is 1.25. The number of ether oxygens (including phenoxy) is 2. The molecular formula is C21H19N3O4S2. The molecule has 0 bridgehead atoms. The highest BCUT2D eigenvalue weighted by Crippen LogP contribution is 2.47. The first-order chi connectivity index (χ1) is 14.6. The third kappa shape index (κ3) is 3.90. The smallest absolute Gasteiger partial charge is 0.267 e. The van der Waals surface area contributed by atoms with E-state index in [1.807, 2.05) is 23.6 Å². The molecular weight excluding hydrogens is 422 g/mol. The Morgan fingerprint density at radius 1 is 1.07 bits per heavy atom. The van der Waals surface area contributed by atoms with Gasteiger partial charge in [0.15, 0.2) is 16.6 Å². The molecule has 154 valence electrons. The number of nitrogens with zero attached hydrogens (tertiary/aromatic N) is 1. The van der Waals surface area contributed by atoms with Gasteiger partial charge in [-0.1, -0.05) is 6.07 Å². The molecule has 1 aromatic carbocycles. The Labute approximate surface area is 181 Å². The van der Waals surface area contributed by atoms with Crippen molar-refractivity contribution in [1.29, 1.82) is 0 Å². The highest BCUT2D eigenvalue weighted by molar-refractivity contribution is 7.14. The Balaban J connectivity index is 1.18. The molecule has 30 heavy (non-hydrogen) atoms. The van der Waals surface area contributed by atoms with Crippen molar-refractivity contribution >= 4 is 45.3 Å². The van der Waals surface area contributed by atoms with Crippen molar-refractivity contribution in [3.05, 3.63) is 51.7 Å². The van der Waals surface area contributed by atoms with Crippen molar-refractivity contribution in [3.8, 4) is 11.5 Å². The number of benzene rings is 1. The summed E-state index contributed by atoms with van der Waals surface area (Å²) < 4.78 is 12.0. The van der Waals surface area contributed by atoms with Crippen molar-refractivity contribution in [3.63, 3.8) is 0 Å². The fourth-order valence-electron chi connectivity index (χ4n) is 3.67. The predicted octanol–water partition coefficient (Wildman–Crippen LogP) is 4.68. The Morgan fingerprint density at radius 3 is 2.70 bits per heavy atom. The summed E-state index contributed by atoms with van der Waals surface area (Å²) in [6, 6.07) is 9.01. The van der Waals surface area contributed by atoms with Gasteiger partial charge in [-0.3, -0.25) is 14.9 Å². The minimum atomic E-state index is -0.518. The number of thiophene rings is 1. The Hall–Kier alpha value is -2.91. The van der Waals surface area contributed by atoms with Gasteiger partial charge >= 0.3 is 0 Å². The fraction of sp³-hybridized carbons (Fsp3) is 0.286. The summed E-state index contributed by atoms with van der Waals surface area (Å²) in [6.45, 7) is 0. The maximum atomic E-state index is 12.4. The first-order valence-electron chi connectivity index (χ1n) is 9.70. The number of thiazole rings is 1. The molecule has 1 spiro atoms. The topological polar surface area (TPSA) is 89.6 Å². The summed E-state index contributed by atoms with van der Waals surface area (Å²) in [5.74, 6) is 0.485. The maximum Gasteiger partial charge on any atom is 0.267 e. The molecule has 5 rings (SSSR count). The molecule has 3 heterocycles. The molecule has 0 radical (unpaired) electrons. The molecule has 0 atom stereocenters. The highest BCUT2D eigenvalue weighted by atomic mass is 32.1. The number of hydrogen-bond donors (Lipinski definition) is 2. The quantitative estimate of drug-likeness (QED) is 0.600. The van der Waals surface area contributed by atoms with Gasteiger partial charge in [-0.2, -0.15) is 0 Å². The second-order valence-electron chi connectivity index (χ2n) is 7.28. The van der Waals surface area contributed by atoms with Gasteiger partial charge in [0, 0.05) is 30.0 Å². The zero-order chi connectivity index (χ0) is 20.6. The zero-order valence-corrected chi connectivity index (χ0v) is 17.6. The van der Waals surface area contributed by atoms with E-state index < -0.39 is 5.79 Å². The van der Waals surface area contributed by atoms with E-state index in [-0.39, 0.29) is 18.2 Å². The largest absolute Gasteiger partial charge is 0.448 e. The lowest BCUT2D eigenvalue weighted by molar-refractivity contribution is -0.115. The first-order valence-corrected chi connectivity index (χ1v) is 11.5. The zero-order valence-electron chi connectivity index (χ0n) is 16.0. The van der Waals surface area contributed by atoms with Crippen LogP contribution in [-0.4, -0.2) is 22.6 Å². The number of amides is 2. The summed E-state index contributed by atoms with van der Waals surface area (Å²) in [7, 11) is 0. The van der Waals surface area contributed by atoms with Crippen molar-refractivity contribution in [2.75, 3.05) is 10.6 Å². The van der Waals surface area contributed by atoms with Gasteiger partial charge in [-0.15, -0.1) is 22.7 Å². The molecule has 9 heteroatoms. The number of aromatic nitrogens is 1. The minimum absolute atomic E-state index is 0.115. The number of carbonyl (C=O) groups is 2. The lowest BCUT2D eigenvalue weighted by Gasteiger charge is -2.21. The van der Waals surface area contributed by atoms with Gasteiger partial charge in [-0.05, 0) is 36.4 Å². The van der Waals surface area contributed by atoms with Gasteiger partial charge in [0.25, 0.3) is 11.7 Å². The molecule has 2 N–H and O–H groups in total. The van der Waals surface area contributed by atoms with Crippen molar-refractivity contribution in [2.45, 2.75) is 37.9 Å². The summed E-state index contributed by atoms with van der Waals surface area (Å²) in [4.78, 5) is 29.5. The second-order valence-corrected chi connectivity index (χ2v) is 9.09. The summed E-state index contributed by atoms with van der Waals surface area (Å²) in [5, 5.41) is 9.72. The maximum absolute atomic E-state index is 12.4. The predicted molar refractivity (Wildman–Crippen MR) is 116 cm³/mol. The number of anilines is 2. The van der Waals surface area contributed by atoms with E-state index >= 15 is 0 Å². The summed E-state index contributed by atoms with van der Waals surface area (Å²) >= 11 is 2.66. The molecule has 0 unspecified atom stereocenters. The average Bonchev–Trinajstić information content (AvgIpc) is 3.50. The van der Waals surface area contributed by atoms with E-state index in [0.29, 0.717) is 27.1 Å². The third-order valence-corrected chi connectivity index (χ3v) is 6.72. The number of hydrogen-bond acceptors (Lipinski definition) is 7. The van der Waals surface area contributed by atoms with Crippen LogP contribution in [0.3, 0.4) is 0 Å². The SMILES string of the molecule is O=C(Cc1csc(NC(=O)c2cccs2)n1)Nc1ccc2c(c1)OC1(CCCC1)O2. The van der Waals surface area contributed by atoms with Crippen LogP contribution in [-0.2, 0) is 11.2 Å². The van der Waals surface area contributed by atoms with Crippen molar-refractivity contribution in [2.24, 2.45) is 0 Å². The van der Waals surface area contributed by atoms with Crippen molar-refractivity contribution in [1.82, 2.24) is 4.98 Å². The standard InChI is InChI=1S/C21H19N3O4S2/c25-18(11-14-12-30-20(23-14)24-19(26)17-4-3-9-29-17)22-13-5-6-15-16(10-13)28-21(27-15)7-1-2-8-21/h3-6,9-10,12H,1-2,7-8,11H2,(H,22,25)(H,23,24,26). The molecule has 2 amide bonds. The van der Waals surface area contributed by atoms with Crippen LogP contribution in [0, 0.1) is 0 Å². The van der Waals surface area contributed by atoms with Crippen LogP contribution in [0.4, 0.5) is 10.8 Å². The molecule has 2 aromatic heterocycles. The number of rotatable bonds is 5. The molecule has 0 saturated heterocycles. The van der Waals surface area contributed by atoms with Crippen molar-refractivity contribution < 1.29 is 19.1 Å². The van der Waals surface area contributed by atoms with Gasteiger partial charge in [0.1, 0.15) is 0 Å². The van der Waals surface area contributed by atoms with Crippen LogP contribution in [0.5, 0.6) is 11.5 Å². The highest BCUT2D eigenvalue weighted by Gasteiger charge is 2.44. The lowest BCUT2D eigenvalue weighted by atomic mass is 10.2. The van der Waals surface area contributed by atoms with E-state index in [2.05, 4.69) is 15.6 Å². The molecule has 1 saturated carbocycles. The fourth-order valence-corrected chi connectivity index (χ4v) is 5.00. The van der Waals surface area contributed by atoms with E-state index in [1.54, 1.807) is 17.5 Å². The van der Waals surface area contributed by atoms with E-state index in [0.717, 1.165) is 31.4 Å².